The summed E-state index contributed by atoms with van der Waals surface area (Å²) in [6, 6.07) is 8.29. The molecule has 0 spiro atoms. The zero-order chi connectivity index (χ0) is 13.8. The van der Waals surface area contributed by atoms with Crippen LogP contribution in [0, 0.1) is 0 Å². The lowest BCUT2D eigenvalue weighted by Crippen LogP contribution is -2.22. The quantitative estimate of drug-likeness (QED) is 0.653. The lowest BCUT2D eigenvalue weighted by Gasteiger charge is -2.03. The third-order valence-corrected chi connectivity index (χ3v) is 1.99. The minimum absolute atomic E-state index is 0.279. The van der Waals surface area contributed by atoms with Crippen LogP contribution in [0.15, 0.2) is 49.0 Å². The molecule has 4 N–H and O–H groups in total. The number of nitrogens with two attached hydrogens (primary N) is 2. The maximum absolute atomic E-state index is 11.4. The van der Waals surface area contributed by atoms with Crippen molar-refractivity contribution in [1.82, 2.24) is 14.9 Å². The molecular weight excluding hydrogens is 254 g/mol. The lowest BCUT2D eigenvalue weighted by atomic mass is 10.3. The smallest absolute Gasteiger partial charge is 0.367 e. The standard InChI is InChI=1S/C10H9N5O4/c11-9-13-10(12)15(6-4-2-1-3-5-6)19-8(17)7(16)18-14-9/h1-5H,(H4,11,12,13,14). The summed E-state index contributed by atoms with van der Waals surface area (Å²) in [7, 11) is 0. The molecule has 19 heavy (non-hydrogen) atoms. The highest BCUT2D eigenvalue weighted by molar-refractivity contribution is 5.36. The number of nitrogens with zero attached hydrogens (tertiary/aromatic N) is 3. The first kappa shape index (κ1) is 12.4. The van der Waals surface area contributed by atoms with E-state index in [1.54, 1.807) is 30.3 Å². The molecule has 0 aliphatic rings. The Balaban J connectivity index is 2.89. The second kappa shape index (κ2) is 5.04. The summed E-state index contributed by atoms with van der Waals surface area (Å²) >= 11 is 0. The molecule has 0 aliphatic carbocycles. The highest BCUT2D eigenvalue weighted by Gasteiger charge is 2.04. The molecule has 2 rings (SSSR count). The molecule has 0 unspecified atom stereocenters. The van der Waals surface area contributed by atoms with E-state index < -0.39 is 17.2 Å². The topological polar surface area (TPSA) is 143 Å². The number of rotatable bonds is 1. The Labute approximate surface area is 105 Å². The fourth-order valence-corrected chi connectivity index (χ4v) is 1.22. The normalized spacial score (nSPS) is 9.89. The summed E-state index contributed by atoms with van der Waals surface area (Å²) in [5.41, 5.74) is 8.67. The van der Waals surface area contributed by atoms with Crippen molar-refractivity contribution in [3.05, 3.63) is 51.2 Å². The molecule has 1 aromatic heterocycles. The predicted molar refractivity (Wildman–Crippen MR) is 64.9 cm³/mol. The molecule has 0 aliphatic heterocycles. The van der Waals surface area contributed by atoms with Crippen LogP contribution < -0.4 is 22.7 Å². The van der Waals surface area contributed by atoms with Gasteiger partial charge in [-0.3, -0.25) is 0 Å². The molecule has 0 saturated carbocycles. The molecule has 1 aromatic carbocycles. The fraction of sp³-hybridized carbons (Fsp3) is 0. The largest absolute Gasteiger partial charge is 0.445 e. The summed E-state index contributed by atoms with van der Waals surface area (Å²) in [5, 5.41) is 3.10. The summed E-state index contributed by atoms with van der Waals surface area (Å²) in [6.45, 7) is 0. The Morgan fingerprint density at radius 2 is 1.74 bits per heavy atom. The van der Waals surface area contributed by atoms with E-state index in [0.29, 0.717) is 5.69 Å². The van der Waals surface area contributed by atoms with Crippen LogP contribution >= 0.6 is 0 Å². The highest BCUT2D eigenvalue weighted by atomic mass is 16.5. The highest BCUT2D eigenvalue weighted by Crippen LogP contribution is 2.08. The first-order valence-electron chi connectivity index (χ1n) is 5.04. The molecule has 0 fully saturated rings. The van der Waals surface area contributed by atoms with Crippen molar-refractivity contribution in [2.45, 2.75) is 0 Å². The molecule has 98 valence electrons. The molecule has 1 heterocycles. The van der Waals surface area contributed by atoms with E-state index in [2.05, 4.69) is 14.7 Å². The number of hydrogen-bond acceptors (Lipinski definition) is 8. The van der Waals surface area contributed by atoms with Crippen LogP contribution in [0.2, 0.25) is 0 Å². The molecule has 2 aromatic rings. The predicted octanol–water partition coefficient (Wildman–Crippen LogP) is -0.538. The number of benzene rings is 1. The van der Waals surface area contributed by atoms with Crippen molar-refractivity contribution in [2.75, 3.05) is 11.5 Å². The van der Waals surface area contributed by atoms with Gasteiger partial charge in [-0.15, -0.1) is 4.74 Å². The Kier molecular flexibility index (Phi) is 3.28. The van der Waals surface area contributed by atoms with Crippen molar-refractivity contribution in [3.8, 4) is 5.69 Å². The van der Waals surface area contributed by atoms with Crippen LogP contribution in [0.3, 0.4) is 0 Å². The first-order chi connectivity index (χ1) is 9.08. The van der Waals surface area contributed by atoms with Crippen LogP contribution in [0.25, 0.3) is 5.69 Å². The Bertz CT molecular complexity index is 745. The zero-order valence-electron chi connectivity index (χ0n) is 9.52. The molecule has 9 nitrogen and oxygen atoms in total. The fourth-order valence-electron chi connectivity index (χ4n) is 1.22. The van der Waals surface area contributed by atoms with Crippen molar-refractivity contribution >= 4 is 11.9 Å². The van der Waals surface area contributed by atoms with Gasteiger partial charge in [-0.05, 0) is 17.3 Å². The minimum Gasteiger partial charge on any atom is -0.367 e. The van der Waals surface area contributed by atoms with E-state index in [9.17, 15) is 9.59 Å². The first-order valence-corrected chi connectivity index (χ1v) is 5.04. The molecule has 0 radical (unpaired) electrons. The molecule has 0 atom stereocenters. The van der Waals surface area contributed by atoms with Gasteiger partial charge in [0.05, 0.1) is 5.69 Å². The van der Waals surface area contributed by atoms with E-state index in [1.807, 2.05) is 0 Å². The monoisotopic (exact) mass is 263 g/mol. The summed E-state index contributed by atoms with van der Waals surface area (Å²) in [4.78, 5) is 26.2. The van der Waals surface area contributed by atoms with Gasteiger partial charge in [-0.2, -0.15) is 4.98 Å². The summed E-state index contributed by atoms with van der Waals surface area (Å²) in [5.74, 6) is -0.704. The van der Waals surface area contributed by atoms with Crippen molar-refractivity contribution in [2.24, 2.45) is 0 Å². The number of nitrogen functional groups attached to an aromatic ring is 2. The second-order valence-electron chi connectivity index (χ2n) is 3.31. The van der Waals surface area contributed by atoms with Gasteiger partial charge < -0.3 is 20.5 Å². The SMILES string of the molecule is Nc1noc(=O)c(=O)on(-c2ccccc2)c(N)n1. The van der Waals surface area contributed by atoms with Crippen LogP contribution in [0.5, 0.6) is 0 Å². The average Bonchev–Trinajstić information content (AvgIpc) is 2.45. The van der Waals surface area contributed by atoms with Gasteiger partial charge in [-0.1, -0.05) is 18.2 Å². The van der Waals surface area contributed by atoms with E-state index in [-0.39, 0.29) is 5.95 Å². The average molecular weight is 263 g/mol. The number of aromatic nitrogens is 3. The maximum Gasteiger partial charge on any atom is 0.445 e. The van der Waals surface area contributed by atoms with E-state index in [4.69, 9.17) is 16.0 Å². The third-order valence-electron chi connectivity index (χ3n) is 1.99. The van der Waals surface area contributed by atoms with Gasteiger partial charge in [0.25, 0.3) is 5.95 Å². The molecule has 0 amide bonds. The summed E-state index contributed by atoms with van der Waals surface area (Å²) in [6.07, 6.45) is 0. The van der Waals surface area contributed by atoms with Gasteiger partial charge >= 0.3 is 11.3 Å². The van der Waals surface area contributed by atoms with Crippen molar-refractivity contribution in [3.63, 3.8) is 0 Å². The van der Waals surface area contributed by atoms with E-state index in [1.165, 1.54) is 0 Å². The minimum atomic E-state index is -1.34. The third kappa shape index (κ3) is 2.77. The van der Waals surface area contributed by atoms with Crippen molar-refractivity contribution < 1.29 is 9.05 Å². The van der Waals surface area contributed by atoms with Crippen LogP contribution in [0.4, 0.5) is 11.9 Å². The van der Waals surface area contributed by atoms with E-state index >= 15 is 0 Å². The zero-order valence-corrected chi connectivity index (χ0v) is 9.52. The molecular formula is C10H9N5O4. The number of anilines is 2. The number of para-hydroxylation sites is 1. The van der Waals surface area contributed by atoms with Crippen LogP contribution in [0.1, 0.15) is 0 Å². The summed E-state index contributed by atoms with van der Waals surface area (Å²) < 4.78 is 9.79. The van der Waals surface area contributed by atoms with Crippen LogP contribution in [-0.2, 0) is 0 Å². The van der Waals surface area contributed by atoms with Gasteiger partial charge in [0.2, 0.25) is 5.95 Å². The molecule has 0 saturated heterocycles. The van der Waals surface area contributed by atoms with Crippen LogP contribution in [-0.4, -0.2) is 14.9 Å². The van der Waals surface area contributed by atoms with Gasteiger partial charge in [0.15, 0.2) is 0 Å². The second-order valence-corrected chi connectivity index (χ2v) is 3.31. The molecule has 0 bridgehead atoms. The molecule has 9 heteroatoms. The Hall–Kier alpha value is -3.10. The van der Waals surface area contributed by atoms with Gasteiger partial charge in [-0.25, -0.2) is 9.59 Å². The Morgan fingerprint density at radius 3 is 2.42 bits per heavy atom. The van der Waals surface area contributed by atoms with Gasteiger partial charge in [0.1, 0.15) is 0 Å². The lowest BCUT2D eigenvalue weighted by molar-refractivity contribution is 0.281. The van der Waals surface area contributed by atoms with Crippen molar-refractivity contribution in [1.29, 1.82) is 0 Å². The van der Waals surface area contributed by atoms with Gasteiger partial charge in [0, 0.05) is 0 Å². The maximum atomic E-state index is 11.4. The van der Waals surface area contributed by atoms with E-state index in [0.717, 1.165) is 4.74 Å². The number of hydrogen-bond donors (Lipinski definition) is 2. The Morgan fingerprint density at radius 1 is 1.05 bits per heavy atom.